The molecule has 1 spiro atoms. The highest BCUT2D eigenvalue weighted by molar-refractivity contribution is 7.99. The van der Waals surface area contributed by atoms with Crippen LogP contribution in [0.1, 0.15) is 22.3 Å². The molecule has 0 saturated carbocycles. The van der Waals surface area contributed by atoms with Gasteiger partial charge >= 0.3 is 0 Å². The van der Waals surface area contributed by atoms with Crippen LogP contribution in [0.4, 0.5) is 0 Å². The Balaban J connectivity index is 1.84. The van der Waals surface area contributed by atoms with Crippen molar-refractivity contribution in [1.29, 1.82) is 0 Å². The number of fused-ring (bicyclic) bond motifs is 8. The third-order valence-corrected chi connectivity index (χ3v) is 7.05. The topological polar surface area (TPSA) is 9.23 Å². The number of rotatable bonds is 0. The maximum atomic E-state index is 6.35. The molecule has 2 aliphatic rings. The minimum Gasteiger partial charge on any atom is -0.457 e. The smallest absolute Gasteiger partial charge is 0.133 e. The van der Waals surface area contributed by atoms with Gasteiger partial charge in [0.05, 0.1) is 5.41 Å². The van der Waals surface area contributed by atoms with E-state index in [-0.39, 0.29) is 0 Å². The summed E-state index contributed by atoms with van der Waals surface area (Å²) in [5.41, 5.74) is 4.46. The maximum Gasteiger partial charge on any atom is 0.133 e. The first-order valence-corrected chi connectivity index (χ1v) is 10.4. The summed E-state index contributed by atoms with van der Waals surface area (Å²) in [6.07, 6.45) is 0. The van der Waals surface area contributed by atoms with Crippen LogP contribution in [0.5, 0.6) is 11.5 Å². The third-order valence-electron chi connectivity index (χ3n) is 5.66. The van der Waals surface area contributed by atoms with Crippen LogP contribution < -0.4 is 4.74 Å². The molecule has 0 aliphatic carbocycles. The van der Waals surface area contributed by atoms with Crippen molar-refractivity contribution >= 4 is 23.4 Å². The first kappa shape index (κ1) is 16.3. The Bertz CT molecular complexity index is 1180. The zero-order valence-corrected chi connectivity index (χ0v) is 16.4. The molecule has 0 bridgehead atoms. The summed E-state index contributed by atoms with van der Waals surface area (Å²) in [5.74, 6) is 1.71. The fraction of sp³-hybridized carbons (Fsp3) is 0.0400. The van der Waals surface area contributed by atoms with Crippen LogP contribution >= 0.6 is 23.4 Å². The molecule has 6 rings (SSSR count). The lowest BCUT2D eigenvalue weighted by Crippen LogP contribution is -2.36. The van der Waals surface area contributed by atoms with Gasteiger partial charge in [-0.25, -0.2) is 0 Å². The largest absolute Gasteiger partial charge is 0.457 e. The summed E-state index contributed by atoms with van der Waals surface area (Å²) in [6.45, 7) is 0. The molecule has 0 radical (unpaired) electrons. The van der Waals surface area contributed by atoms with Crippen LogP contribution in [0, 0.1) is 0 Å². The Morgan fingerprint density at radius 3 is 1.89 bits per heavy atom. The lowest BCUT2D eigenvalue weighted by atomic mass is 9.63. The molecule has 0 N–H and O–H groups in total. The minimum atomic E-state index is -0.423. The molecule has 4 aromatic carbocycles. The van der Waals surface area contributed by atoms with E-state index in [0.29, 0.717) is 5.02 Å². The SMILES string of the molecule is Clc1ccc2c(c1)Oc1ccccc1C21c2ccccc2Sc2ccccc21. The van der Waals surface area contributed by atoms with Gasteiger partial charge in [-0.3, -0.25) is 0 Å². The molecule has 0 unspecified atom stereocenters. The van der Waals surface area contributed by atoms with Gasteiger partial charge in [0.1, 0.15) is 11.5 Å². The fourth-order valence-corrected chi connectivity index (χ4v) is 5.95. The van der Waals surface area contributed by atoms with Crippen LogP contribution in [0.15, 0.2) is 101 Å². The summed E-state index contributed by atoms with van der Waals surface area (Å²) in [7, 11) is 0. The molecule has 4 aromatic rings. The van der Waals surface area contributed by atoms with Crippen molar-refractivity contribution in [3.8, 4) is 11.5 Å². The minimum absolute atomic E-state index is 0.423. The van der Waals surface area contributed by atoms with E-state index in [0.717, 1.165) is 17.1 Å². The number of ether oxygens (including phenoxy) is 1. The molecule has 134 valence electrons. The van der Waals surface area contributed by atoms with Gasteiger partial charge in [0, 0.05) is 25.9 Å². The van der Waals surface area contributed by atoms with E-state index in [1.54, 1.807) is 0 Å². The van der Waals surface area contributed by atoms with Gasteiger partial charge < -0.3 is 4.74 Å². The Hall–Kier alpha value is -2.68. The van der Waals surface area contributed by atoms with Gasteiger partial charge in [0.2, 0.25) is 0 Å². The van der Waals surface area contributed by atoms with E-state index in [4.69, 9.17) is 16.3 Å². The molecular weight excluding hydrogens is 384 g/mol. The molecule has 1 nitrogen and oxygen atoms in total. The molecule has 0 fully saturated rings. The molecule has 2 aliphatic heterocycles. The molecule has 28 heavy (non-hydrogen) atoms. The first-order chi connectivity index (χ1) is 13.8. The van der Waals surface area contributed by atoms with Gasteiger partial charge in [-0.1, -0.05) is 84.0 Å². The summed E-state index contributed by atoms with van der Waals surface area (Å²) >= 11 is 8.18. The van der Waals surface area contributed by atoms with Gasteiger partial charge in [-0.2, -0.15) is 0 Å². The molecular formula is C25H15ClOS. The lowest BCUT2D eigenvalue weighted by Gasteiger charge is -2.45. The predicted molar refractivity (Wildman–Crippen MR) is 114 cm³/mol. The zero-order valence-electron chi connectivity index (χ0n) is 14.9. The lowest BCUT2D eigenvalue weighted by molar-refractivity contribution is 0.431. The molecule has 0 saturated heterocycles. The van der Waals surface area contributed by atoms with Crippen LogP contribution in [0.3, 0.4) is 0 Å². The molecule has 2 heterocycles. The second kappa shape index (κ2) is 5.91. The number of benzene rings is 4. The van der Waals surface area contributed by atoms with E-state index in [9.17, 15) is 0 Å². The van der Waals surface area contributed by atoms with Crippen LogP contribution in [-0.4, -0.2) is 0 Å². The van der Waals surface area contributed by atoms with Gasteiger partial charge in [0.15, 0.2) is 0 Å². The van der Waals surface area contributed by atoms with Crippen molar-refractivity contribution in [3.05, 3.63) is 118 Å². The molecule has 0 atom stereocenters. The average molecular weight is 399 g/mol. The fourth-order valence-electron chi connectivity index (χ4n) is 4.59. The summed E-state index contributed by atoms with van der Waals surface area (Å²) < 4.78 is 6.32. The van der Waals surface area contributed by atoms with Crippen molar-refractivity contribution in [2.24, 2.45) is 0 Å². The highest BCUT2D eigenvalue weighted by Crippen LogP contribution is 2.61. The normalized spacial score (nSPS) is 15.0. The van der Waals surface area contributed by atoms with Crippen LogP contribution in [0.2, 0.25) is 5.02 Å². The zero-order chi connectivity index (χ0) is 18.7. The quantitative estimate of drug-likeness (QED) is 0.265. The van der Waals surface area contributed by atoms with Gasteiger partial charge in [0.25, 0.3) is 0 Å². The van der Waals surface area contributed by atoms with E-state index >= 15 is 0 Å². The number of hydrogen-bond acceptors (Lipinski definition) is 2. The average Bonchev–Trinajstić information content (AvgIpc) is 2.73. The number of halogens is 1. The summed E-state index contributed by atoms with van der Waals surface area (Å²) in [6, 6.07) is 31.8. The van der Waals surface area contributed by atoms with Crippen molar-refractivity contribution in [2.45, 2.75) is 15.2 Å². The van der Waals surface area contributed by atoms with Crippen molar-refractivity contribution in [3.63, 3.8) is 0 Å². The third kappa shape index (κ3) is 2.05. The molecule has 0 aromatic heterocycles. The summed E-state index contributed by atoms with van der Waals surface area (Å²) in [4.78, 5) is 2.55. The van der Waals surface area contributed by atoms with Crippen molar-refractivity contribution in [2.75, 3.05) is 0 Å². The van der Waals surface area contributed by atoms with Crippen molar-refractivity contribution in [1.82, 2.24) is 0 Å². The Morgan fingerprint density at radius 2 is 1.18 bits per heavy atom. The van der Waals surface area contributed by atoms with E-state index in [2.05, 4.69) is 66.7 Å². The van der Waals surface area contributed by atoms with E-state index in [1.165, 1.54) is 26.5 Å². The van der Waals surface area contributed by atoms with Crippen LogP contribution in [-0.2, 0) is 5.41 Å². The highest BCUT2D eigenvalue weighted by atomic mass is 35.5. The van der Waals surface area contributed by atoms with E-state index in [1.807, 2.05) is 36.0 Å². The van der Waals surface area contributed by atoms with Crippen LogP contribution in [0.25, 0.3) is 0 Å². The monoisotopic (exact) mass is 398 g/mol. The maximum absolute atomic E-state index is 6.35. The first-order valence-electron chi connectivity index (χ1n) is 9.23. The molecule has 3 heteroatoms. The van der Waals surface area contributed by atoms with Gasteiger partial charge in [-0.05, 0) is 41.5 Å². The Labute approximate surface area is 172 Å². The second-order valence-electron chi connectivity index (χ2n) is 7.08. The predicted octanol–water partition coefficient (Wildman–Crippen LogP) is 7.29. The molecule has 0 amide bonds. The van der Waals surface area contributed by atoms with Crippen molar-refractivity contribution < 1.29 is 4.74 Å². The van der Waals surface area contributed by atoms with E-state index < -0.39 is 5.41 Å². The standard InChI is InChI=1S/C25H15ClOS/c26-16-13-14-18-22(15-16)27-21-10-4-1-7-17(21)25(18)19-8-2-5-11-23(19)28-24-12-6-3-9-20(24)25/h1-15H. The number of para-hydroxylation sites is 1. The van der Waals surface area contributed by atoms with Gasteiger partial charge in [-0.15, -0.1) is 0 Å². The number of hydrogen-bond donors (Lipinski definition) is 0. The highest BCUT2D eigenvalue weighted by Gasteiger charge is 2.49. The second-order valence-corrected chi connectivity index (χ2v) is 8.60. The summed E-state index contributed by atoms with van der Waals surface area (Å²) in [5, 5.41) is 0.681. The Morgan fingerprint density at radius 1 is 0.607 bits per heavy atom. The Kier molecular flexibility index (Phi) is 3.44.